The highest BCUT2D eigenvalue weighted by Gasteiger charge is 2.15. The highest BCUT2D eigenvalue weighted by Crippen LogP contribution is 2.37. The van der Waals surface area contributed by atoms with Crippen LogP contribution in [-0.2, 0) is 17.8 Å². The second-order valence-corrected chi connectivity index (χ2v) is 8.36. The van der Waals surface area contributed by atoms with Crippen LogP contribution in [0.3, 0.4) is 0 Å². The summed E-state index contributed by atoms with van der Waals surface area (Å²) in [6.07, 6.45) is 1.01. The van der Waals surface area contributed by atoms with Crippen LogP contribution < -0.4 is 20.1 Å². The van der Waals surface area contributed by atoms with Crippen molar-refractivity contribution in [3.63, 3.8) is 0 Å². The van der Waals surface area contributed by atoms with Gasteiger partial charge in [0.25, 0.3) is 5.91 Å². The van der Waals surface area contributed by atoms with Gasteiger partial charge in [-0.1, -0.05) is 48.3 Å². The highest BCUT2D eigenvalue weighted by atomic mass is 35.5. The van der Waals surface area contributed by atoms with Gasteiger partial charge in [0, 0.05) is 22.9 Å². The zero-order valence-electron chi connectivity index (χ0n) is 19.0. The van der Waals surface area contributed by atoms with Gasteiger partial charge in [0.15, 0.2) is 18.1 Å². The third-order valence-electron chi connectivity index (χ3n) is 5.03. The predicted octanol–water partition coefficient (Wildman–Crippen LogP) is 6.89. The Morgan fingerprint density at radius 3 is 2.27 bits per heavy atom. The first kappa shape index (κ1) is 24.7. The van der Waals surface area contributed by atoms with Crippen molar-refractivity contribution in [2.24, 2.45) is 0 Å². The second-order valence-electron chi connectivity index (χ2n) is 7.54. The highest BCUT2D eigenvalue weighted by molar-refractivity contribution is 6.32. The molecule has 0 atom stereocenters. The summed E-state index contributed by atoms with van der Waals surface area (Å²) in [4.78, 5) is 12.4. The molecule has 0 aliphatic rings. The number of amides is 1. The Bertz CT molecular complexity index is 1100. The third kappa shape index (κ3) is 7.04. The van der Waals surface area contributed by atoms with Gasteiger partial charge in [-0.3, -0.25) is 4.79 Å². The summed E-state index contributed by atoms with van der Waals surface area (Å²) >= 11 is 12.6. The number of anilines is 2. The van der Waals surface area contributed by atoms with E-state index >= 15 is 0 Å². The fraction of sp³-hybridized carbons (Fsp3) is 0.269. The largest absolute Gasteiger partial charge is 0.490 e. The fourth-order valence-electron chi connectivity index (χ4n) is 3.19. The number of hydrogen-bond donors (Lipinski definition) is 2. The molecule has 0 unspecified atom stereocenters. The number of ether oxygens (including phenoxy) is 2. The minimum atomic E-state index is -0.324. The molecule has 2 N–H and O–H groups in total. The maximum Gasteiger partial charge on any atom is 0.262 e. The molecule has 0 saturated carbocycles. The third-order valence-corrected chi connectivity index (χ3v) is 5.72. The summed E-state index contributed by atoms with van der Waals surface area (Å²) in [6.45, 7) is 6.70. The first-order valence-electron chi connectivity index (χ1n) is 10.9. The molecule has 0 bridgehead atoms. The maximum atomic E-state index is 12.4. The van der Waals surface area contributed by atoms with Crippen LogP contribution in [0.2, 0.25) is 10.0 Å². The number of nitrogens with one attached hydrogen (secondary N) is 2. The molecule has 0 saturated heterocycles. The summed E-state index contributed by atoms with van der Waals surface area (Å²) < 4.78 is 11.5. The van der Waals surface area contributed by atoms with Crippen molar-refractivity contribution < 1.29 is 14.3 Å². The molecule has 7 heteroatoms. The monoisotopic (exact) mass is 486 g/mol. The summed E-state index contributed by atoms with van der Waals surface area (Å²) in [5.41, 5.74) is 4.79. The molecule has 3 aromatic rings. The number of carbonyl (C=O) groups is 1. The average molecular weight is 487 g/mol. The molecule has 0 heterocycles. The Kier molecular flexibility index (Phi) is 8.87. The first-order chi connectivity index (χ1) is 15.9. The number of aryl methyl sites for hydroxylation is 2. The van der Waals surface area contributed by atoms with E-state index in [0.717, 1.165) is 23.2 Å². The van der Waals surface area contributed by atoms with E-state index in [0.29, 0.717) is 40.4 Å². The van der Waals surface area contributed by atoms with Gasteiger partial charge in [0.1, 0.15) is 0 Å². The van der Waals surface area contributed by atoms with Crippen LogP contribution in [0.15, 0.2) is 54.6 Å². The van der Waals surface area contributed by atoms with Gasteiger partial charge in [0.2, 0.25) is 0 Å². The van der Waals surface area contributed by atoms with E-state index in [1.165, 1.54) is 5.56 Å². The molecule has 1 amide bonds. The molecule has 0 aliphatic carbocycles. The standard InChI is InChI=1S/C26H28Cl2N2O3/c1-4-18-7-10-20(11-8-18)29-15-19-12-23(28)26(24(13-19)32-5-2)33-16-25(31)30-21-9-6-17(3)22(27)14-21/h6-14,29H,4-5,15-16H2,1-3H3,(H,30,31). The lowest BCUT2D eigenvalue weighted by Crippen LogP contribution is -2.20. The van der Waals surface area contributed by atoms with Gasteiger partial charge in [-0.15, -0.1) is 0 Å². The number of benzene rings is 3. The smallest absolute Gasteiger partial charge is 0.262 e. The molecule has 3 aromatic carbocycles. The van der Waals surface area contributed by atoms with Crippen molar-refractivity contribution in [1.82, 2.24) is 0 Å². The van der Waals surface area contributed by atoms with Crippen LogP contribution in [0.4, 0.5) is 11.4 Å². The Labute approximate surface area is 205 Å². The predicted molar refractivity (Wildman–Crippen MR) is 136 cm³/mol. The van der Waals surface area contributed by atoms with Gasteiger partial charge in [-0.2, -0.15) is 0 Å². The van der Waals surface area contributed by atoms with Gasteiger partial charge < -0.3 is 20.1 Å². The van der Waals surface area contributed by atoms with E-state index in [2.05, 4.69) is 41.8 Å². The lowest BCUT2D eigenvalue weighted by Gasteiger charge is -2.16. The van der Waals surface area contributed by atoms with Crippen LogP contribution in [0.1, 0.15) is 30.5 Å². The normalized spacial score (nSPS) is 10.6. The zero-order valence-corrected chi connectivity index (χ0v) is 20.5. The zero-order chi connectivity index (χ0) is 23.8. The van der Waals surface area contributed by atoms with Crippen LogP contribution in [0, 0.1) is 6.92 Å². The Balaban J connectivity index is 1.65. The Hall–Kier alpha value is -2.89. The van der Waals surface area contributed by atoms with Crippen LogP contribution in [-0.4, -0.2) is 19.1 Å². The average Bonchev–Trinajstić information content (AvgIpc) is 2.80. The van der Waals surface area contributed by atoms with E-state index in [-0.39, 0.29) is 12.5 Å². The number of hydrogen-bond acceptors (Lipinski definition) is 4. The molecule has 0 fully saturated rings. The lowest BCUT2D eigenvalue weighted by atomic mass is 10.1. The molecule has 3 rings (SSSR count). The molecular formula is C26H28Cl2N2O3. The van der Waals surface area contributed by atoms with Crippen LogP contribution in [0.5, 0.6) is 11.5 Å². The summed E-state index contributed by atoms with van der Waals surface area (Å²) in [5, 5.41) is 7.12. The number of rotatable bonds is 10. The molecule has 0 radical (unpaired) electrons. The molecule has 5 nitrogen and oxygen atoms in total. The molecule has 0 aliphatic heterocycles. The van der Waals surface area contributed by atoms with Crippen LogP contribution >= 0.6 is 23.2 Å². The maximum absolute atomic E-state index is 12.4. The Morgan fingerprint density at radius 1 is 0.879 bits per heavy atom. The van der Waals surface area contributed by atoms with Gasteiger partial charge in [0.05, 0.1) is 11.6 Å². The summed E-state index contributed by atoms with van der Waals surface area (Å²) in [5.74, 6) is 0.510. The topological polar surface area (TPSA) is 59.6 Å². The quantitative estimate of drug-likeness (QED) is 0.327. The van der Waals surface area contributed by atoms with E-state index in [9.17, 15) is 4.79 Å². The lowest BCUT2D eigenvalue weighted by molar-refractivity contribution is -0.118. The van der Waals surface area contributed by atoms with Gasteiger partial charge in [-0.05, 0) is 73.4 Å². The van der Waals surface area contributed by atoms with Crippen molar-refractivity contribution in [1.29, 1.82) is 0 Å². The SMILES string of the molecule is CCOc1cc(CNc2ccc(CC)cc2)cc(Cl)c1OCC(=O)Nc1ccc(C)c(Cl)c1. The van der Waals surface area contributed by atoms with Crippen molar-refractivity contribution in [2.45, 2.75) is 33.7 Å². The molecule has 33 heavy (non-hydrogen) atoms. The minimum Gasteiger partial charge on any atom is -0.490 e. The number of halogens is 2. The minimum absolute atomic E-state index is 0.216. The van der Waals surface area contributed by atoms with E-state index in [1.807, 2.05) is 32.0 Å². The van der Waals surface area contributed by atoms with Crippen molar-refractivity contribution in [3.05, 3.63) is 81.3 Å². The van der Waals surface area contributed by atoms with E-state index in [4.69, 9.17) is 32.7 Å². The molecular weight excluding hydrogens is 459 g/mol. The van der Waals surface area contributed by atoms with Crippen molar-refractivity contribution in [2.75, 3.05) is 23.8 Å². The second kappa shape index (κ2) is 11.8. The summed E-state index contributed by atoms with van der Waals surface area (Å²) in [7, 11) is 0. The van der Waals surface area contributed by atoms with Gasteiger partial charge >= 0.3 is 0 Å². The first-order valence-corrected chi connectivity index (χ1v) is 11.6. The fourth-order valence-corrected chi connectivity index (χ4v) is 3.66. The summed E-state index contributed by atoms with van der Waals surface area (Å²) in [6, 6.07) is 17.3. The molecule has 0 spiro atoms. The van der Waals surface area contributed by atoms with Crippen LogP contribution in [0.25, 0.3) is 0 Å². The molecule has 0 aromatic heterocycles. The van der Waals surface area contributed by atoms with Crippen molar-refractivity contribution in [3.8, 4) is 11.5 Å². The molecule has 174 valence electrons. The number of carbonyl (C=O) groups excluding carboxylic acids is 1. The van der Waals surface area contributed by atoms with E-state index < -0.39 is 0 Å². The van der Waals surface area contributed by atoms with Gasteiger partial charge in [-0.25, -0.2) is 0 Å². The van der Waals surface area contributed by atoms with Crippen molar-refractivity contribution >= 4 is 40.5 Å². The van der Waals surface area contributed by atoms with E-state index in [1.54, 1.807) is 12.1 Å². The Morgan fingerprint density at radius 2 is 1.61 bits per heavy atom.